The Morgan fingerprint density at radius 1 is 1.16 bits per heavy atom. The monoisotopic (exact) mass is 439 g/mol. The molecule has 0 unspecified atom stereocenters. The number of rotatable bonds is 3. The fourth-order valence-corrected chi connectivity index (χ4v) is 4.96. The highest BCUT2D eigenvalue weighted by atomic mass is 32.2. The van der Waals surface area contributed by atoms with E-state index in [4.69, 9.17) is 0 Å². The number of benzene rings is 2. The number of non-ortho nitro benzene ring substituents is 1. The molecule has 1 atom stereocenters. The summed E-state index contributed by atoms with van der Waals surface area (Å²) in [4.78, 5) is 48.1. The van der Waals surface area contributed by atoms with Gasteiger partial charge in [0.2, 0.25) is 16.7 Å². The summed E-state index contributed by atoms with van der Waals surface area (Å²) < 4.78 is 0. The molecule has 11 heteroatoms. The van der Waals surface area contributed by atoms with Crippen molar-refractivity contribution in [3.05, 3.63) is 69.8 Å². The summed E-state index contributed by atoms with van der Waals surface area (Å²) in [6, 6.07) is 13.0. The van der Waals surface area contributed by atoms with Crippen molar-refractivity contribution in [1.82, 2.24) is 10.3 Å². The van der Waals surface area contributed by atoms with E-state index < -0.39 is 21.6 Å². The predicted molar refractivity (Wildman–Crippen MR) is 114 cm³/mol. The quantitative estimate of drug-likeness (QED) is 0.578. The number of nitrogens with one attached hydrogen (secondary N) is 1. The lowest BCUT2D eigenvalue weighted by atomic mass is 10.1. The molecule has 2 aromatic carbocycles. The molecule has 0 fully saturated rings. The molecule has 2 aromatic rings. The van der Waals surface area contributed by atoms with Gasteiger partial charge < -0.3 is 10.2 Å². The van der Waals surface area contributed by atoms with Crippen LogP contribution in [0.5, 0.6) is 0 Å². The van der Waals surface area contributed by atoms with E-state index in [9.17, 15) is 24.5 Å². The molecule has 2 aliphatic heterocycles. The van der Waals surface area contributed by atoms with Gasteiger partial charge in [-0.2, -0.15) is 5.01 Å². The third-order valence-corrected chi connectivity index (χ3v) is 6.14. The van der Waals surface area contributed by atoms with Crippen molar-refractivity contribution in [1.29, 1.82) is 0 Å². The number of nitrogens with zero attached hydrogens (tertiary/aromatic N) is 4. The standard InChI is InChI=1S/C20H17N5O5S/c1-12(26)21-19-22-24(13(2)27)20(31-19)16-5-3-4-6-17(16)23(18(20)28)11-14-7-9-15(10-8-14)25(29)30/h3-10H,11H2,1-2H3,(H,21,22,26)/t20-/m1/s1. The van der Waals surface area contributed by atoms with E-state index in [0.717, 1.165) is 16.8 Å². The Labute approximate surface area is 181 Å². The van der Waals surface area contributed by atoms with Gasteiger partial charge in [-0.05, 0) is 23.4 Å². The molecule has 0 bridgehead atoms. The second-order valence-electron chi connectivity index (χ2n) is 7.00. The van der Waals surface area contributed by atoms with Crippen LogP contribution in [0.1, 0.15) is 25.0 Å². The molecule has 4 rings (SSSR count). The normalized spacial score (nSPS) is 19.4. The maximum absolute atomic E-state index is 13.7. The van der Waals surface area contributed by atoms with Gasteiger partial charge in [-0.1, -0.05) is 30.3 Å². The first-order valence-electron chi connectivity index (χ1n) is 9.25. The van der Waals surface area contributed by atoms with Crippen LogP contribution in [0.25, 0.3) is 0 Å². The number of nitro groups is 1. The van der Waals surface area contributed by atoms with Crippen LogP contribution < -0.4 is 10.2 Å². The van der Waals surface area contributed by atoms with Crippen molar-refractivity contribution < 1.29 is 19.3 Å². The van der Waals surface area contributed by atoms with Gasteiger partial charge in [-0.25, -0.2) is 0 Å². The van der Waals surface area contributed by atoms with Crippen molar-refractivity contribution in [2.75, 3.05) is 4.90 Å². The highest BCUT2D eigenvalue weighted by Crippen LogP contribution is 2.54. The Bertz CT molecular complexity index is 1150. The lowest BCUT2D eigenvalue weighted by Crippen LogP contribution is -2.48. The molecule has 0 aromatic heterocycles. The van der Waals surface area contributed by atoms with Gasteiger partial charge >= 0.3 is 0 Å². The van der Waals surface area contributed by atoms with E-state index in [1.54, 1.807) is 36.4 Å². The van der Waals surface area contributed by atoms with Gasteiger partial charge in [0.05, 0.1) is 17.2 Å². The average molecular weight is 439 g/mol. The van der Waals surface area contributed by atoms with E-state index in [0.29, 0.717) is 16.8 Å². The molecule has 2 aliphatic rings. The number of nitro benzene ring substituents is 1. The minimum atomic E-state index is -1.47. The third kappa shape index (κ3) is 3.32. The maximum atomic E-state index is 13.7. The summed E-state index contributed by atoms with van der Waals surface area (Å²) in [6.45, 7) is 2.77. The summed E-state index contributed by atoms with van der Waals surface area (Å²) in [7, 11) is 0. The fourth-order valence-electron chi connectivity index (χ4n) is 3.63. The molecular weight excluding hydrogens is 422 g/mol. The smallest absolute Gasteiger partial charge is 0.271 e. The van der Waals surface area contributed by atoms with Gasteiger partial charge in [-0.3, -0.25) is 24.5 Å². The van der Waals surface area contributed by atoms with Crippen LogP contribution >= 0.6 is 11.8 Å². The van der Waals surface area contributed by atoms with Crippen LogP contribution in [0, 0.1) is 10.1 Å². The first-order chi connectivity index (χ1) is 14.7. The molecule has 31 heavy (non-hydrogen) atoms. The number of carbonyl (C=O) groups is 3. The van der Waals surface area contributed by atoms with Crippen molar-refractivity contribution in [2.45, 2.75) is 25.3 Å². The Balaban J connectivity index is 1.75. The molecule has 0 radical (unpaired) electrons. The number of hydrogen-bond donors (Lipinski definition) is 1. The lowest BCUT2D eigenvalue weighted by Gasteiger charge is -2.29. The number of fused-ring (bicyclic) bond motifs is 2. The van der Waals surface area contributed by atoms with Crippen LogP contribution in [0.3, 0.4) is 0 Å². The molecule has 0 saturated heterocycles. The zero-order chi connectivity index (χ0) is 22.3. The third-order valence-electron chi connectivity index (χ3n) is 4.90. The molecule has 1 spiro atoms. The highest BCUT2D eigenvalue weighted by Gasteiger charge is 2.61. The van der Waals surface area contributed by atoms with Crippen LogP contribution in [0.15, 0.2) is 53.6 Å². The zero-order valence-electron chi connectivity index (χ0n) is 16.6. The molecule has 1 N–H and O–H groups in total. The van der Waals surface area contributed by atoms with Crippen molar-refractivity contribution in [3.63, 3.8) is 0 Å². The molecular formula is C20H17N5O5S. The first kappa shape index (κ1) is 20.5. The van der Waals surface area contributed by atoms with Crippen LogP contribution in [-0.2, 0) is 25.8 Å². The number of hydrogen-bond acceptors (Lipinski definition) is 7. The maximum Gasteiger partial charge on any atom is 0.271 e. The van der Waals surface area contributed by atoms with Gasteiger partial charge in [0.1, 0.15) is 0 Å². The number of para-hydroxylation sites is 1. The Morgan fingerprint density at radius 2 is 1.84 bits per heavy atom. The Morgan fingerprint density at radius 3 is 2.45 bits per heavy atom. The second kappa shape index (κ2) is 7.51. The van der Waals surface area contributed by atoms with Gasteiger partial charge in [0, 0.05) is 31.5 Å². The average Bonchev–Trinajstić information content (AvgIpc) is 3.21. The summed E-state index contributed by atoms with van der Waals surface area (Å²) >= 11 is 0.999. The summed E-state index contributed by atoms with van der Waals surface area (Å²) in [5.41, 5.74) is 1.82. The zero-order valence-corrected chi connectivity index (χ0v) is 17.4. The number of thioether (sulfide) groups is 1. The topological polar surface area (TPSA) is 125 Å². The van der Waals surface area contributed by atoms with E-state index in [-0.39, 0.29) is 23.3 Å². The number of anilines is 1. The molecule has 0 saturated carbocycles. The van der Waals surface area contributed by atoms with Crippen molar-refractivity contribution in [2.24, 2.45) is 5.10 Å². The largest absolute Gasteiger partial charge is 0.304 e. The van der Waals surface area contributed by atoms with Gasteiger partial charge in [-0.15, -0.1) is 5.10 Å². The van der Waals surface area contributed by atoms with E-state index >= 15 is 0 Å². The predicted octanol–water partition coefficient (Wildman–Crippen LogP) is 2.30. The molecule has 158 valence electrons. The second-order valence-corrected chi connectivity index (χ2v) is 8.18. The SMILES string of the molecule is CC(=O)NC1=NN(C(C)=O)[C@]2(S1)C(=O)N(Cc1ccc([N+](=O)[O-])cc1)c1ccccc12. The minimum absolute atomic E-state index is 0.0455. The number of amides is 3. The highest BCUT2D eigenvalue weighted by molar-refractivity contribution is 8.15. The Hall–Kier alpha value is -3.73. The number of hydrazone groups is 1. The summed E-state index contributed by atoms with van der Waals surface area (Å²) in [5, 5.41) is 18.9. The molecule has 10 nitrogen and oxygen atoms in total. The molecule has 0 aliphatic carbocycles. The summed E-state index contributed by atoms with van der Waals surface area (Å²) in [6.07, 6.45) is 0. The van der Waals surface area contributed by atoms with Crippen molar-refractivity contribution in [3.8, 4) is 0 Å². The fraction of sp³-hybridized carbons (Fsp3) is 0.200. The van der Waals surface area contributed by atoms with E-state index in [1.165, 1.54) is 30.9 Å². The van der Waals surface area contributed by atoms with Crippen LogP contribution in [0.2, 0.25) is 0 Å². The van der Waals surface area contributed by atoms with Gasteiger partial charge in [0.15, 0.2) is 5.17 Å². The van der Waals surface area contributed by atoms with Crippen LogP contribution in [-0.4, -0.2) is 32.8 Å². The number of carbonyl (C=O) groups excluding carboxylic acids is 3. The van der Waals surface area contributed by atoms with E-state index in [2.05, 4.69) is 10.4 Å². The van der Waals surface area contributed by atoms with E-state index in [1.807, 2.05) is 0 Å². The number of amidine groups is 1. The summed E-state index contributed by atoms with van der Waals surface area (Å²) in [5.74, 6) is -1.21. The minimum Gasteiger partial charge on any atom is -0.304 e. The molecule has 3 amide bonds. The molecule has 2 heterocycles. The van der Waals surface area contributed by atoms with Gasteiger partial charge in [0.25, 0.3) is 11.6 Å². The van der Waals surface area contributed by atoms with Crippen LogP contribution in [0.4, 0.5) is 11.4 Å². The Kier molecular flexibility index (Phi) is 4.97. The first-order valence-corrected chi connectivity index (χ1v) is 10.1. The lowest BCUT2D eigenvalue weighted by molar-refractivity contribution is -0.384. The van der Waals surface area contributed by atoms with Crippen molar-refractivity contribution >= 4 is 46.0 Å².